The first-order valence-electron chi connectivity index (χ1n) is 5.71. The lowest BCUT2D eigenvalue weighted by molar-refractivity contribution is 0.110. The van der Waals surface area contributed by atoms with Crippen molar-refractivity contribution < 1.29 is 9.53 Å². The Balaban J connectivity index is 2.75. The van der Waals surface area contributed by atoms with Crippen molar-refractivity contribution >= 4 is 55.4 Å². The highest BCUT2D eigenvalue weighted by Crippen LogP contribution is 2.25. The van der Waals surface area contributed by atoms with E-state index in [1.54, 1.807) is 26.0 Å². The van der Waals surface area contributed by atoms with Crippen LogP contribution in [0.4, 0.5) is 4.79 Å². The van der Waals surface area contributed by atoms with Gasteiger partial charge in [0.1, 0.15) is 8.98 Å². The van der Waals surface area contributed by atoms with Crippen molar-refractivity contribution in [1.82, 2.24) is 5.32 Å². The van der Waals surface area contributed by atoms with Crippen LogP contribution in [0.2, 0.25) is 5.02 Å². The van der Waals surface area contributed by atoms with Crippen LogP contribution in [0, 0.1) is 0 Å². The first-order chi connectivity index (χ1) is 9.32. The number of alkyl carbamates (subject to hydrolysis) is 1. The van der Waals surface area contributed by atoms with Crippen molar-refractivity contribution in [1.29, 1.82) is 0 Å². The predicted octanol–water partition coefficient (Wildman–Crippen LogP) is 4.08. The van der Waals surface area contributed by atoms with Crippen LogP contribution in [0.1, 0.15) is 25.5 Å². The van der Waals surface area contributed by atoms with E-state index in [0.717, 1.165) is 5.56 Å². The molecular weight excluding hydrogens is 411 g/mol. The van der Waals surface area contributed by atoms with Gasteiger partial charge in [0.05, 0.1) is 5.70 Å². The van der Waals surface area contributed by atoms with Crippen molar-refractivity contribution in [2.45, 2.75) is 20.0 Å². The molecule has 0 spiro atoms. The molecular formula is C13H14ClIN2O2S. The first kappa shape index (κ1) is 17.2. The smallest absolute Gasteiger partial charge is 0.412 e. The van der Waals surface area contributed by atoms with E-state index in [2.05, 4.69) is 5.32 Å². The summed E-state index contributed by atoms with van der Waals surface area (Å²) in [6.07, 6.45) is -1.11. The number of amides is 1. The van der Waals surface area contributed by atoms with E-state index in [4.69, 9.17) is 34.3 Å². The number of nitrogens with two attached hydrogens (primary N) is 1. The summed E-state index contributed by atoms with van der Waals surface area (Å²) in [6.45, 7) is 3.39. The SMILES string of the molecule is C/C(N)=C(\NC(=O)O[C@H](C)c1ccccc1Cl)C(=S)I. The number of carbonyl (C=O) groups is 1. The second-order valence-electron chi connectivity index (χ2n) is 4.03. The molecule has 0 saturated carbocycles. The lowest BCUT2D eigenvalue weighted by Gasteiger charge is -2.16. The molecule has 0 radical (unpaired) electrons. The number of hydrogen-bond donors (Lipinski definition) is 2. The van der Waals surface area contributed by atoms with E-state index in [1.807, 2.05) is 34.7 Å². The number of thiocarbonyl (C=S) groups is 1. The van der Waals surface area contributed by atoms with Crippen LogP contribution in [0.3, 0.4) is 0 Å². The monoisotopic (exact) mass is 424 g/mol. The molecule has 1 aromatic rings. The molecule has 0 heterocycles. The fourth-order valence-electron chi connectivity index (χ4n) is 1.46. The maximum atomic E-state index is 11.8. The van der Waals surface area contributed by atoms with E-state index in [-0.39, 0.29) is 0 Å². The molecule has 1 rings (SSSR count). The molecule has 1 atom stereocenters. The van der Waals surface area contributed by atoms with Crippen molar-refractivity contribution in [3.8, 4) is 0 Å². The van der Waals surface area contributed by atoms with E-state index >= 15 is 0 Å². The Bertz CT molecular complexity index is 559. The minimum absolute atomic E-state index is 0.386. The zero-order valence-electron chi connectivity index (χ0n) is 10.9. The van der Waals surface area contributed by atoms with E-state index in [1.165, 1.54) is 0 Å². The summed E-state index contributed by atoms with van der Waals surface area (Å²) in [7, 11) is 0. The third-order valence-corrected chi connectivity index (χ3v) is 3.53. The summed E-state index contributed by atoms with van der Waals surface area (Å²) in [5.41, 5.74) is 7.19. The highest BCUT2D eigenvalue weighted by molar-refractivity contribution is 14.1. The first-order valence-corrected chi connectivity index (χ1v) is 7.57. The number of rotatable bonds is 4. The van der Waals surface area contributed by atoms with Crippen LogP contribution in [-0.4, -0.2) is 8.96 Å². The molecule has 1 amide bonds. The second kappa shape index (κ2) is 7.80. The van der Waals surface area contributed by atoms with Gasteiger partial charge in [0.25, 0.3) is 0 Å². The minimum Gasteiger partial charge on any atom is -0.441 e. The van der Waals surface area contributed by atoms with Gasteiger partial charge in [-0.15, -0.1) is 0 Å². The Morgan fingerprint density at radius 2 is 2.10 bits per heavy atom. The van der Waals surface area contributed by atoms with Gasteiger partial charge in [0, 0.05) is 16.3 Å². The lowest BCUT2D eigenvalue weighted by atomic mass is 10.1. The van der Waals surface area contributed by atoms with Crippen LogP contribution >= 0.6 is 46.4 Å². The Labute approximate surface area is 141 Å². The Morgan fingerprint density at radius 3 is 2.60 bits per heavy atom. The van der Waals surface area contributed by atoms with Crippen LogP contribution in [-0.2, 0) is 4.74 Å². The topological polar surface area (TPSA) is 64.3 Å². The Kier molecular flexibility index (Phi) is 6.70. The van der Waals surface area contributed by atoms with Gasteiger partial charge in [-0.3, -0.25) is 5.32 Å². The van der Waals surface area contributed by atoms with E-state index < -0.39 is 12.2 Å². The van der Waals surface area contributed by atoms with Gasteiger partial charge in [-0.1, -0.05) is 42.0 Å². The molecule has 1 aromatic carbocycles. The molecule has 0 saturated heterocycles. The number of ether oxygens (including phenoxy) is 1. The van der Waals surface area contributed by atoms with E-state index in [9.17, 15) is 4.79 Å². The number of hydrogen-bond acceptors (Lipinski definition) is 4. The third kappa shape index (κ3) is 4.92. The average Bonchev–Trinajstić information content (AvgIpc) is 2.35. The number of carbonyl (C=O) groups excluding carboxylic acids is 1. The summed E-state index contributed by atoms with van der Waals surface area (Å²) in [6, 6.07) is 7.18. The molecule has 7 heteroatoms. The summed E-state index contributed by atoms with van der Waals surface area (Å²) >= 11 is 12.9. The van der Waals surface area contributed by atoms with Crippen molar-refractivity contribution in [2.24, 2.45) is 5.73 Å². The van der Waals surface area contributed by atoms with E-state index in [0.29, 0.717) is 19.3 Å². The van der Waals surface area contributed by atoms with Gasteiger partial charge < -0.3 is 10.5 Å². The number of nitrogens with one attached hydrogen (secondary N) is 1. The zero-order valence-corrected chi connectivity index (χ0v) is 14.7. The fraction of sp³-hybridized carbons (Fsp3) is 0.231. The summed E-state index contributed by atoms with van der Waals surface area (Å²) in [5.74, 6) is 0. The van der Waals surface area contributed by atoms with Gasteiger partial charge in [-0.2, -0.15) is 0 Å². The zero-order chi connectivity index (χ0) is 15.3. The molecule has 0 aliphatic carbocycles. The number of benzene rings is 1. The summed E-state index contributed by atoms with van der Waals surface area (Å²) in [4.78, 5) is 11.8. The molecule has 108 valence electrons. The maximum Gasteiger partial charge on any atom is 0.412 e. The van der Waals surface area contributed by atoms with Gasteiger partial charge in [-0.05, 0) is 42.5 Å². The molecule has 0 bridgehead atoms. The fourth-order valence-corrected chi connectivity index (χ4v) is 2.52. The van der Waals surface area contributed by atoms with Crippen LogP contribution in [0.25, 0.3) is 0 Å². The predicted molar refractivity (Wildman–Crippen MR) is 93.0 cm³/mol. The average molecular weight is 425 g/mol. The molecule has 0 unspecified atom stereocenters. The van der Waals surface area contributed by atoms with Crippen LogP contribution in [0.5, 0.6) is 0 Å². The molecule has 0 aliphatic rings. The molecule has 0 fully saturated rings. The normalized spacial score (nSPS) is 13.2. The molecule has 0 aliphatic heterocycles. The standard InChI is InChI=1S/C13H14ClIN2O2S/c1-7(16)11(12(15)20)17-13(18)19-8(2)9-5-3-4-6-10(9)14/h3-6,8H,16H2,1-2H3,(H,17,18)/b11-7+/t8-/m1/s1. The van der Waals surface area contributed by atoms with Crippen LogP contribution < -0.4 is 11.1 Å². The number of allylic oxidation sites excluding steroid dienone is 2. The van der Waals surface area contributed by atoms with Crippen LogP contribution in [0.15, 0.2) is 35.7 Å². The highest BCUT2D eigenvalue weighted by atomic mass is 127. The third-order valence-electron chi connectivity index (χ3n) is 2.44. The van der Waals surface area contributed by atoms with Crippen molar-refractivity contribution in [3.05, 3.63) is 46.2 Å². The Morgan fingerprint density at radius 1 is 1.50 bits per heavy atom. The van der Waals surface area contributed by atoms with Gasteiger partial charge >= 0.3 is 6.09 Å². The molecule has 0 aromatic heterocycles. The molecule has 20 heavy (non-hydrogen) atoms. The van der Waals surface area contributed by atoms with Crippen molar-refractivity contribution in [3.63, 3.8) is 0 Å². The lowest BCUT2D eigenvalue weighted by Crippen LogP contribution is -2.29. The minimum atomic E-state index is -0.628. The Hall–Kier alpha value is -0.860. The summed E-state index contributed by atoms with van der Waals surface area (Å²) in [5, 5.41) is 3.08. The summed E-state index contributed by atoms with van der Waals surface area (Å²) < 4.78 is 5.72. The molecule has 3 N–H and O–H groups in total. The second-order valence-corrected chi connectivity index (χ2v) is 6.65. The number of halogens is 2. The molecule has 4 nitrogen and oxygen atoms in total. The quantitative estimate of drug-likeness (QED) is 0.331. The maximum absolute atomic E-state index is 11.8. The van der Waals surface area contributed by atoms with Crippen molar-refractivity contribution in [2.75, 3.05) is 0 Å². The highest BCUT2D eigenvalue weighted by Gasteiger charge is 2.16. The van der Waals surface area contributed by atoms with Gasteiger partial charge in [0.2, 0.25) is 0 Å². The van der Waals surface area contributed by atoms with Gasteiger partial charge in [0.15, 0.2) is 0 Å². The largest absolute Gasteiger partial charge is 0.441 e. The van der Waals surface area contributed by atoms with Gasteiger partial charge in [-0.25, -0.2) is 4.79 Å².